The summed E-state index contributed by atoms with van der Waals surface area (Å²) in [7, 11) is 0. The Morgan fingerprint density at radius 1 is 1.44 bits per heavy atom. The van der Waals surface area contributed by atoms with E-state index in [-0.39, 0.29) is 6.61 Å². The molecular formula is C15H22N2O. The summed E-state index contributed by atoms with van der Waals surface area (Å²) in [5.74, 6) is 0. The Hall–Kier alpha value is -1.16. The molecule has 98 valence electrons. The number of aliphatic hydroxyl groups is 1. The Morgan fingerprint density at radius 2 is 2.33 bits per heavy atom. The SMILES string of the molecule is Cc1cccc2c1C[C@H](CNC/C=C/CO)NC2. The summed E-state index contributed by atoms with van der Waals surface area (Å²) < 4.78 is 0. The second-order valence-corrected chi connectivity index (χ2v) is 4.81. The van der Waals surface area contributed by atoms with Crippen LogP contribution in [0.1, 0.15) is 16.7 Å². The van der Waals surface area contributed by atoms with Crippen LogP contribution >= 0.6 is 0 Å². The zero-order chi connectivity index (χ0) is 12.8. The van der Waals surface area contributed by atoms with Crippen molar-refractivity contribution in [3.63, 3.8) is 0 Å². The highest BCUT2D eigenvalue weighted by atomic mass is 16.2. The maximum Gasteiger partial charge on any atom is 0.0612 e. The van der Waals surface area contributed by atoms with E-state index in [4.69, 9.17) is 5.11 Å². The molecule has 1 atom stereocenters. The van der Waals surface area contributed by atoms with Crippen molar-refractivity contribution in [2.75, 3.05) is 19.7 Å². The van der Waals surface area contributed by atoms with Crippen LogP contribution in [0, 0.1) is 6.92 Å². The van der Waals surface area contributed by atoms with Crippen molar-refractivity contribution in [1.82, 2.24) is 10.6 Å². The van der Waals surface area contributed by atoms with E-state index < -0.39 is 0 Å². The number of benzene rings is 1. The van der Waals surface area contributed by atoms with E-state index >= 15 is 0 Å². The number of fused-ring (bicyclic) bond motifs is 1. The molecule has 0 fully saturated rings. The molecule has 0 saturated heterocycles. The van der Waals surface area contributed by atoms with Crippen LogP contribution in [0.15, 0.2) is 30.4 Å². The molecule has 1 heterocycles. The fraction of sp³-hybridized carbons (Fsp3) is 0.467. The van der Waals surface area contributed by atoms with E-state index in [0.29, 0.717) is 6.04 Å². The molecule has 0 amide bonds. The third kappa shape index (κ3) is 3.42. The number of hydrogen-bond acceptors (Lipinski definition) is 3. The summed E-state index contributed by atoms with van der Waals surface area (Å²) in [6, 6.07) is 7.04. The number of hydrogen-bond donors (Lipinski definition) is 3. The Morgan fingerprint density at radius 3 is 3.17 bits per heavy atom. The molecule has 3 nitrogen and oxygen atoms in total. The lowest BCUT2D eigenvalue weighted by molar-refractivity contribution is 0.342. The Kier molecular flexibility index (Phi) is 4.93. The van der Waals surface area contributed by atoms with E-state index in [1.165, 1.54) is 16.7 Å². The van der Waals surface area contributed by atoms with Crippen LogP contribution in [-0.2, 0) is 13.0 Å². The maximum atomic E-state index is 8.63. The lowest BCUT2D eigenvalue weighted by atomic mass is 9.92. The zero-order valence-electron chi connectivity index (χ0n) is 10.9. The second-order valence-electron chi connectivity index (χ2n) is 4.81. The predicted molar refractivity (Wildman–Crippen MR) is 74.6 cm³/mol. The monoisotopic (exact) mass is 246 g/mol. The third-order valence-corrected chi connectivity index (χ3v) is 3.46. The Bertz CT molecular complexity index is 415. The molecule has 1 aromatic carbocycles. The van der Waals surface area contributed by atoms with Gasteiger partial charge in [0.25, 0.3) is 0 Å². The van der Waals surface area contributed by atoms with E-state index in [9.17, 15) is 0 Å². The lowest BCUT2D eigenvalue weighted by Gasteiger charge is -2.27. The molecule has 0 unspecified atom stereocenters. The predicted octanol–water partition coefficient (Wildman–Crippen LogP) is 1.15. The minimum absolute atomic E-state index is 0.121. The van der Waals surface area contributed by atoms with Crippen LogP contribution in [0.4, 0.5) is 0 Å². The molecule has 0 aromatic heterocycles. The standard InChI is InChI=1S/C15H22N2O/c1-12-5-4-6-13-10-17-14(9-15(12)13)11-16-7-2-3-8-18/h2-6,14,16-18H,7-11H2,1H3/b3-2+/t14-/m1/s1. The van der Waals surface area contributed by atoms with Gasteiger partial charge in [0.15, 0.2) is 0 Å². The van der Waals surface area contributed by atoms with Crippen molar-refractivity contribution in [3.8, 4) is 0 Å². The van der Waals surface area contributed by atoms with E-state index in [0.717, 1.165) is 26.1 Å². The minimum Gasteiger partial charge on any atom is -0.392 e. The summed E-state index contributed by atoms with van der Waals surface area (Å²) in [5, 5.41) is 15.6. The van der Waals surface area contributed by atoms with Gasteiger partial charge in [0.05, 0.1) is 6.61 Å². The molecule has 1 aliphatic rings. The number of rotatable bonds is 5. The van der Waals surface area contributed by atoms with Crippen molar-refractivity contribution in [2.24, 2.45) is 0 Å². The largest absolute Gasteiger partial charge is 0.392 e. The van der Waals surface area contributed by atoms with Crippen LogP contribution in [-0.4, -0.2) is 30.8 Å². The first-order valence-corrected chi connectivity index (χ1v) is 6.58. The second kappa shape index (κ2) is 6.69. The van der Waals surface area contributed by atoms with Crippen molar-refractivity contribution in [2.45, 2.75) is 25.9 Å². The molecule has 0 radical (unpaired) electrons. The molecule has 18 heavy (non-hydrogen) atoms. The fourth-order valence-corrected chi connectivity index (χ4v) is 2.44. The summed E-state index contributed by atoms with van der Waals surface area (Å²) >= 11 is 0. The molecule has 1 aliphatic heterocycles. The first-order chi connectivity index (χ1) is 8.81. The molecule has 3 heteroatoms. The van der Waals surface area contributed by atoms with Crippen molar-refractivity contribution < 1.29 is 5.11 Å². The van der Waals surface area contributed by atoms with Gasteiger partial charge in [-0.25, -0.2) is 0 Å². The van der Waals surface area contributed by atoms with Gasteiger partial charge < -0.3 is 15.7 Å². The van der Waals surface area contributed by atoms with E-state index in [1.807, 2.05) is 6.08 Å². The van der Waals surface area contributed by atoms with Crippen molar-refractivity contribution in [1.29, 1.82) is 0 Å². The summed E-state index contributed by atoms with van der Waals surface area (Å²) in [6.45, 7) is 5.06. The average molecular weight is 246 g/mol. The molecular weight excluding hydrogens is 224 g/mol. The van der Waals surface area contributed by atoms with Gasteiger partial charge in [-0.1, -0.05) is 30.4 Å². The van der Waals surface area contributed by atoms with Gasteiger partial charge in [-0.15, -0.1) is 0 Å². The zero-order valence-corrected chi connectivity index (χ0v) is 10.9. The third-order valence-electron chi connectivity index (χ3n) is 3.46. The highest BCUT2D eigenvalue weighted by molar-refractivity contribution is 5.36. The molecule has 0 saturated carbocycles. The number of aryl methyl sites for hydroxylation is 1. The van der Waals surface area contributed by atoms with Gasteiger partial charge in [-0.3, -0.25) is 0 Å². The van der Waals surface area contributed by atoms with E-state index in [2.05, 4.69) is 35.8 Å². The van der Waals surface area contributed by atoms with Gasteiger partial charge >= 0.3 is 0 Å². The quantitative estimate of drug-likeness (QED) is 0.539. The van der Waals surface area contributed by atoms with E-state index in [1.54, 1.807) is 6.08 Å². The molecule has 1 aromatic rings. The topological polar surface area (TPSA) is 44.3 Å². The smallest absolute Gasteiger partial charge is 0.0612 e. The Labute approximate surface area is 109 Å². The maximum absolute atomic E-state index is 8.63. The summed E-state index contributed by atoms with van der Waals surface area (Å²) in [6.07, 6.45) is 4.82. The minimum atomic E-state index is 0.121. The van der Waals surface area contributed by atoms with Gasteiger partial charge in [0.2, 0.25) is 0 Å². The lowest BCUT2D eigenvalue weighted by Crippen LogP contribution is -2.43. The Balaban J connectivity index is 1.84. The first-order valence-electron chi connectivity index (χ1n) is 6.58. The highest BCUT2D eigenvalue weighted by Gasteiger charge is 2.18. The van der Waals surface area contributed by atoms with Crippen LogP contribution in [0.25, 0.3) is 0 Å². The van der Waals surface area contributed by atoms with Crippen LogP contribution in [0.2, 0.25) is 0 Å². The molecule has 0 aliphatic carbocycles. The van der Waals surface area contributed by atoms with Crippen LogP contribution < -0.4 is 10.6 Å². The molecule has 0 bridgehead atoms. The van der Waals surface area contributed by atoms with Crippen molar-refractivity contribution >= 4 is 0 Å². The average Bonchev–Trinajstić information content (AvgIpc) is 2.39. The van der Waals surface area contributed by atoms with Crippen molar-refractivity contribution in [3.05, 3.63) is 47.0 Å². The fourth-order valence-electron chi connectivity index (χ4n) is 2.44. The summed E-state index contributed by atoms with van der Waals surface area (Å²) in [5.41, 5.74) is 4.35. The molecule has 3 N–H and O–H groups in total. The summed E-state index contributed by atoms with van der Waals surface area (Å²) in [4.78, 5) is 0. The first kappa shape index (κ1) is 13.3. The van der Waals surface area contributed by atoms with Crippen LogP contribution in [0.3, 0.4) is 0 Å². The molecule has 2 rings (SSSR count). The van der Waals surface area contributed by atoms with Gasteiger partial charge in [-0.05, 0) is 30.0 Å². The normalized spacial score (nSPS) is 19.1. The van der Waals surface area contributed by atoms with Gasteiger partial charge in [0, 0.05) is 25.7 Å². The highest BCUT2D eigenvalue weighted by Crippen LogP contribution is 2.19. The van der Waals surface area contributed by atoms with Crippen LogP contribution in [0.5, 0.6) is 0 Å². The molecule has 0 spiro atoms. The number of aliphatic hydroxyl groups excluding tert-OH is 1. The number of nitrogens with one attached hydrogen (secondary N) is 2. The van der Waals surface area contributed by atoms with Gasteiger partial charge in [0.1, 0.15) is 0 Å². The van der Waals surface area contributed by atoms with Gasteiger partial charge in [-0.2, -0.15) is 0 Å².